The van der Waals surface area contributed by atoms with Crippen LogP contribution in [0, 0.1) is 6.92 Å². The van der Waals surface area contributed by atoms with Gasteiger partial charge in [-0.3, -0.25) is 4.79 Å². The molecule has 0 unspecified atom stereocenters. The van der Waals surface area contributed by atoms with Gasteiger partial charge in [-0.05, 0) is 19.1 Å². The number of hydrogen-bond acceptors (Lipinski definition) is 3. The lowest BCUT2D eigenvalue weighted by molar-refractivity contribution is 0.697. The summed E-state index contributed by atoms with van der Waals surface area (Å²) in [5.41, 5.74) is 7.63. The number of para-hydroxylation sites is 2. The number of halogens is 1. The maximum Gasteiger partial charge on any atom is 0.272 e. The molecule has 0 saturated heterocycles. The molecule has 0 fully saturated rings. The first-order valence-electron chi connectivity index (χ1n) is 4.90. The van der Waals surface area contributed by atoms with E-state index in [4.69, 9.17) is 5.73 Å². The predicted molar refractivity (Wildman–Crippen MR) is 67.0 cm³/mol. The van der Waals surface area contributed by atoms with Crippen LogP contribution in [0.1, 0.15) is 5.69 Å². The van der Waals surface area contributed by atoms with E-state index in [-0.39, 0.29) is 18.0 Å². The van der Waals surface area contributed by atoms with Gasteiger partial charge >= 0.3 is 0 Å². The van der Waals surface area contributed by atoms with Crippen LogP contribution in [0.5, 0.6) is 0 Å². The quantitative estimate of drug-likeness (QED) is 0.853. The van der Waals surface area contributed by atoms with E-state index in [9.17, 15) is 4.79 Å². The SMILES string of the molecule is Cc1nc2ccccc2n(CCN)c1=O.Cl. The zero-order valence-electron chi connectivity index (χ0n) is 9.01. The minimum Gasteiger partial charge on any atom is -0.329 e. The average molecular weight is 240 g/mol. The normalized spacial score (nSPS) is 10.1. The highest BCUT2D eigenvalue weighted by Crippen LogP contribution is 2.08. The molecule has 0 spiro atoms. The molecule has 0 amide bonds. The van der Waals surface area contributed by atoms with Gasteiger partial charge in [0.25, 0.3) is 5.56 Å². The lowest BCUT2D eigenvalue weighted by atomic mass is 10.3. The van der Waals surface area contributed by atoms with Crippen molar-refractivity contribution in [2.24, 2.45) is 5.73 Å². The van der Waals surface area contributed by atoms with Gasteiger partial charge in [0.2, 0.25) is 0 Å². The second kappa shape index (κ2) is 5.09. The number of benzene rings is 1. The van der Waals surface area contributed by atoms with E-state index >= 15 is 0 Å². The van der Waals surface area contributed by atoms with Crippen molar-refractivity contribution in [2.75, 3.05) is 6.54 Å². The number of fused-ring (bicyclic) bond motifs is 1. The second-order valence-electron chi connectivity index (χ2n) is 3.43. The van der Waals surface area contributed by atoms with Crippen molar-refractivity contribution in [3.8, 4) is 0 Å². The van der Waals surface area contributed by atoms with E-state index in [0.29, 0.717) is 18.8 Å². The summed E-state index contributed by atoms with van der Waals surface area (Å²) >= 11 is 0. The Morgan fingerprint density at radius 1 is 1.38 bits per heavy atom. The molecule has 1 aromatic heterocycles. The minimum absolute atomic E-state index is 0. The fraction of sp³-hybridized carbons (Fsp3) is 0.273. The van der Waals surface area contributed by atoms with Crippen LogP contribution in [-0.2, 0) is 6.54 Å². The summed E-state index contributed by atoms with van der Waals surface area (Å²) in [7, 11) is 0. The van der Waals surface area contributed by atoms with Crippen LogP contribution in [0.25, 0.3) is 11.0 Å². The largest absolute Gasteiger partial charge is 0.329 e. The van der Waals surface area contributed by atoms with E-state index in [0.717, 1.165) is 11.0 Å². The number of aromatic nitrogens is 2. The van der Waals surface area contributed by atoms with Crippen LogP contribution in [0.15, 0.2) is 29.1 Å². The second-order valence-corrected chi connectivity index (χ2v) is 3.43. The van der Waals surface area contributed by atoms with Crippen molar-refractivity contribution in [3.05, 3.63) is 40.3 Å². The van der Waals surface area contributed by atoms with Crippen molar-refractivity contribution in [1.82, 2.24) is 9.55 Å². The Bertz CT molecular complexity index is 550. The van der Waals surface area contributed by atoms with Crippen molar-refractivity contribution in [3.63, 3.8) is 0 Å². The molecule has 5 heteroatoms. The summed E-state index contributed by atoms with van der Waals surface area (Å²) in [6, 6.07) is 7.59. The Balaban J connectivity index is 0.00000128. The number of rotatable bonds is 2. The number of nitrogens with two attached hydrogens (primary N) is 1. The molecule has 0 atom stereocenters. The smallest absolute Gasteiger partial charge is 0.272 e. The van der Waals surface area contributed by atoms with Crippen LogP contribution >= 0.6 is 12.4 Å². The van der Waals surface area contributed by atoms with Gasteiger partial charge in [0.15, 0.2) is 0 Å². The fourth-order valence-corrected chi connectivity index (χ4v) is 1.67. The Morgan fingerprint density at radius 3 is 2.75 bits per heavy atom. The van der Waals surface area contributed by atoms with Crippen LogP contribution in [-0.4, -0.2) is 16.1 Å². The lowest BCUT2D eigenvalue weighted by Crippen LogP contribution is -2.27. The van der Waals surface area contributed by atoms with Gasteiger partial charge in [-0.1, -0.05) is 12.1 Å². The van der Waals surface area contributed by atoms with Gasteiger partial charge in [0, 0.05) is 13.1 Å². The molecule has 2 N–H and O–H groups in total. The molecule has 1 aromatic carbocycles. The molecule has 0 bridgehead atoms. The monoisotopic (exact) mass is 239 g/mol. The van der Waals surface area contributed by atoms with Crippen LogP contribution < -0.4 is 11.3 Å². The molecule has 4 nitrogen and oxygen atoms in total. The number of aryl methyl sites for hydroxylation is 1. The van der Waals surface area contributed by atoms with Gasteiger partial charge in [-0.2, -0.15) is 0 Å². The Hall–Kier alpha value is -1.39. The van der Waals surface area contributed by atoms with Crippen molar-refractivity contribution in [1.29, 1.82) is 0 Å². The van der Waals surface area contributed by atoms with Crippen LogP contribution in [0.3, 0.4) is 0 Å². The molecule has 0 aliphatic carbocycles. The molecule has 0 aliphatic rings. The van der Waals surface area contributed by atoms with Gasteiger partial charge in [0.1, 0.15) is 5.69 Å². The average Bonchev–Trinajstić information content (AvgIpc) is 2.25. The summed E-state index contributed by atoms with van der Waals surface area (Å²) < 4.78 is 1.68. The maximum atomic E-state index is 11.8. The molecule has 0 saturated carbocycles. The molecular weight excluding hydrogens is 226 g/mol. The summed E-state index contributed by atoms with van der Waals surface area (Å²) in [6.07, 6.45) is 0. The van der Waals surface area contributed by atoms with Gasteiger partial charge in [0.05, 0.1) is 11.0 Å². The third-order valence-corrected chi connectivity index (χ3v) is 2.37. The fourth-order valence-electron chi connectivity index (χ4n) is 1.67. The first-order chi connectivity index (χ1) is 7.24. The Kier molecular flexibility index (Phi) is 4.04. The molecule has 86 valence electrons. The van der Waals surface area contributed by atoms with E-state index in [1.54, 1.807) is 11.5 Å². The standard InChI is InChI=1S/C11H13N3O.ClH/c1-8-11(15)14(7-6-12)10-5-3-2-4-9(10)13-8;/h2-5H,6-7,12H2,1H3;1H. The molecule has 0 aliphatic heterocycles. The van der Waals surface area contributed by atoms with Crippen LogP contribution in [0.4, 0.5) is 0 Å². The van der Waals surface area contributed by atoms with Gasteiger partial charge in [-0.25, -0.2) is 4.98 Å². The third-order valence-electron chi connectivity index (χ3n) is 2.37. The first-order valence-corrected chi connectivity index (χ1v) is 4.90. The molecule has 2 rings (SSSR count). The molecule has 0 radical (unpaired) electrons. The summed E-state index contributed by atoms with van der Waals surface area (Å²) in [5.74, 6) is 0. The third kappa shape index (κ3) is 2.08. The van der Waals surface area contributed by atoms with Crippen molar-refractivity contribution < 1.29 is 0 Å². The van der Waals surface area contributed by atoms with Crippen molar-refractivity contribution in [2.45, 2.75) is 13.5 Å². The predicted octanol–water partition coefficient (Wildman–Crippen LogP) is 1.09. The Morgan fingerprint density at radius 2 is 2.06 bits per heavy atom. The van der Waals surface area contributed by atoms with E-state index in [1.165, 1.54) is 0 Å². The summed E-state index contributed by atoms with van der Waals surface area (Å²) in [5, 5.41) is 0. The summed E-state index contributed by atoms with van der Waals surface area (Å²) in [4.78, 5) is 16.1. The minimum atomic E-state index is -0.0563. The molecule has 2 aromatic rings. The molecule has 16 heavy (non-hydrogen) atoms. The van der Waals surface area contributed by atoms with Gasteiger partial charge < -0.3 is 10.3 Å². The Labute approximate surface area is 99.5 Å². The van der Waals surface area contributed by atoms with E-state index < -0.39 is 0 Å². The highest BCUT2D eigenvalue weighted by molar-refractivity contribution is 5.85. The summed E-state index contributed by atoms with van der Waals surface area (Å²) in [6.45, 7) is 2.71. The first kappa shape index (κ1) is 12.7. The maximum absolute atomic E-state index is 11.8. The number of nitrogens with zero attached hydrogens (tertiary/aromatic N) is 2. The highest BCUT2D eigenvalue weighted by atomic mass is 35.5. The zero-order chi connectivity index (χ0) is 10.8. The highest BCUT2D eigenvalue weighted by Gasteiger charge is 2.05. The van der Waals surface area contributed by atoms with E-state index in [1.807, 2.05) is 24.3 Å². The molecular formula is C11H14ClN3O. The topological polar surface area (TPSA) is 60.9 Å². The van der Waals surface area contributed by atoms with Gasteiger partial charge in [-0.15, -0.1) is 12.4 Å². The van der Waals surface area contributed by atoms with Crippen LogP contribution in [0.2, 0.25) is 0 Å². The molecule has 1 heterocycles. The van der Waals surface area contributed by atoms with E-state index in [2.05, 4.69) is 4.98 Å². The van der Waals surface area contributed by atoms with Crippen molar-refractivity contribution >= 4 is 23.4 Å². The zero-order valence-corrected chi connectivity index (χ0v) is 9.83. The number of hydrogen-bond donors (Lipinski definition) is 1. The lowest BCUT2D eigenvalue weighted by Gasteiger charge is -2.09.